The third-order valence-electron chi connectivity index (χ3n) is 2.65. The maximum Gasteiger partial charge on any atom is 0.257 e. The van der Waals surface area contributed by atoms with Gasteiger partial charge < -0.3 is 4.42 Å². The molecule has 1 aromatic rings. The molecule has 0 amide bonds. The molecule has 1 fully saturated rings. The predicted octanol–water partition coefficient (Wildman–Crippen LogP) is 3.10. The van der Waals surface area contributed by atoms with Crippen molar-refractivity contribution in [2.75, 3.05) is 0 Å². The first-order valence-corrected chi connectivity index (χ1v) is 5.21. The van der Waals surface area contributed by atoms with E-state index in [1.54, 1.807) is 0 Å². The summed E-state index contributed by atoms with van der Waals surface area (Å²) in [6.07, 6.45) is 1.25. The van der Waals surface area contributed by atoms with Crippen molar-refractivity contribution in [1.29, 1.82) is 0 Å². The molecular weight excluding hydrogens is 265 g/mol. The first-order chi connectivity index (χ1) is 5.50. The first-order valence-electron chi connectivity index (χ1n) is 4.13. The van der Waals surface area contributed by atoms with Gasteiger partial charge in [-0.15, -0.1) is 0 Å². The zero-order valence-electron chi connectivity index (χ0n) is 7.52. The standard InChI is InChI=1S/C9H12INO/c1-5-7(11-8(10)12-5)6-4-9(6,2)3/h6H,4H2,1-3H3. The minimum atomic E-state index is 0.449. The fourth-order valence-electron chi connectivity index (χ4n) is 1.63. The van der Waals surface area contributed by atoms with E-state index in [9.17, 15) is 0 Å². The van der Waals surface area contributed by atoms with Gasteiger partial charge in [0.05, 0.1) is 5.69 Å². The zero-order valence-corrected chi connectivity index (χ0v) is 9.68. The summed E-state index contributed by atoms with van der Waals surface area (Å²) in [6, 6.07) is 0. The number of halogens is 1. The lowest BCUT2D eigenvalue weighted by molar-refractivity contribution is 0.494. The zero-order chi connectivity index (χ0) is 8.93. The van der Waals surface area contributed by atoms with Crippen molar-refractivity contribution >= 4 is 22.6 Å². The Bertz CT molecular complexity index is 316. The van der Waals surface area contributed by atoms with Gasteiger partial charge in [0, 0.05) is 28.5 Å². The van der Waals surface area contributed by atoms with Crippen molar-refractivity contribution in [1.82, 2.24) is 4.98 Å². The fraction of sp³-hybridized carbons (Fsp3) is 0.667. The van der Waals surface area contributed by atoms with Gasteiger partial charge >= 0.3 is 0 Å². The van der Waals surface area contributed by atoms with Gasteiger partial charge in [-0.2, -0.15) is 0 Å². The summed E-state index contributed by atoms with van der Waals surface area (Å²) in [5, 5.41) is 0. The summed E-state index contributed by atoms with van der Waals surface area (Å²) in [5.41, 5.74) is 1.62. The van der Waals surface area contributed by atoms with Crippen LogP contribution in [0.25, 0.3) is 0 Å². The Balaban J connectivity index is 2.30. The SMILES string of the molecule is Cc1oc(I)nc1C1CC1(C)C. The molecule has 0 aromatic carbocycles. The molecule has 1 atom stereocenters. The highest BCUT2D eigenvalue weighted by atomic mass is 127. The van der Waals surface area contributed by atoms with Crippen molar-refractivity contribution in [3.63, 3.8) is 0 Å². The highest BCUT2D eigenvalue weighted by Gasteiger charge is 2.49. The quantitative estimate of drug-likeness (QED) is 0.737. The summed E-state index contributed by atoms with van der Waals surface area (Å²) >= 11 is 2.12. The van der Waals surface area contributed by atoms with Crippen LogP contribution in [0.2, 0.25) is 0 Å². The van der Waals surface area contributed by atoms with E-state index in [4.69, 9.17) is 4.42 Å². The van der Waals surface area contributed by atoms with Gasteiger partial charge in [0.25, 0.3) is 3.90 Å². The minimum absolute atomic E-state index is 0.449. The van der Waals surface area contributed by atoms with Crippen LogP contribution in [-0.4, -0.2) is 4.98 Å². The average Bonchev–Trinajstić information content (AvgIpc) is 2.40. The number of hydrogen-bond acceptors (Lipinski definition) is 2. The smallest absolute Gasteiger partial charge is 0.257 e. The van der Waals surface area contributed by atoms with Gasteiger partial charge in [-0.05, 0) is 18.8 Å². The largest absolute Gasteiger partial charge is 0.437 e. The van der Waals surface area contributed by atoms with E-state index < -0.39 is 0 Å². The lowest BCUT2D eigenvalue weighted by atomic mass is 10.1. The third-order valence-corrected chi connectivity index (χ3v) is 3.11. The van der Waals surface area contributed by atoms with E-state index in [1.165, 1.54) is 12.1 Å². The molecule has 1 saturated carbocycles. The number of rotatable bonds is 1. The molecule has 0 N–H and O–H groups in total. The number of hydrogen-bond donors (Lipinski definition) is 0. The van der Waals surface area contributed by atoms with Crippen LogP contribution < -0.4 is 0 Å². The van der Waals surface area contributed by atoms with Gasteiger partial charge in [-0.25, -0.2) is 4.98 Å². The molecule has 0 spiro atoms. The second-order valence-electron chi connectivity index (χ2n) is 4.15. The van der Waals surface area contributed by atoms with Gasteiger partial charge in [0.2, 0.25) is 0 Å². The van der Waals surface area contributed by atoms with Crippen LogP contribution in [0, 0.1) is 16.2 Å². The van der Waals surface area contributed by atoms with Gasteiger partial charge in [-0.3, -0.25) is 0 Å². The molecule has 2 nitrogen and oxygen atoms in total. The molecule has 12 heavy (non-hydrogen) atoms. The average molecular weight is 277 g/mol. The number of aromatic nitrogens is 1. The molecule has 0 radical (unpaired) electrons. The van der Waals surface area contributed by atoms with Gasteiger partial charge in [0.15, 0.2) is 0 Å². The molecule has 66 valence electrons. The van der Waals surface area contributed by atoms with Crippen LogP contribution in [-0.2, 0) is 0 Å². The molecule has 0 aliphatic heterocycles. The predicted molar refractivity (Wildman–Crippen MR) is 55.1 cm³/mol. The molecule has 0 saturated heterocycles. The summed E-state index contributed by atoms with van der Waals surface area (Å²) in [6.45, 7) is 6.55. The Morgan fingerprint density at radius 1 is 1.58 bits per heavy atom. The first kappa shape index (κ1) is 8.53. The normalized spacial score (nSPS) is 25.8. The van der Waals surface area contributed by atoms with Gasteiger partial charge in [-0.1, -0.05) is 13.8 Å². The molecule has 0 bridgehead atoms. The maximum absolute atomic E-state index is 5.38. The van der Waals surface area contributed by atoms with Crippen molar-refractivity contribution in [3.8, 4) is 0 Å². The van der Waals surface area contributed by atoms with E-state index in [0.717, 1.165) is 9.66 Å². The van der Waals surface area contributed by atoms with E-state index in [1.807, 2.05) is 6.92 Å². The van der Waals surface area contributed by atoms with Crippen LogP contribution in [0.4, 0.5) is 0 Å². The van der Waals surface area contributed by atoms with Gasteiger partial charge in [0.1, 0.15) is 5.76 Å². The van der Waals surface area contributed by atoms with Crippen molar-refractivity contribution in [2.45, 2.75) is 33.1 Å². The molecule has 1 aromatic heterocycles. The van der Waals surface area contributed by atoms with E-state index in [2.05, 4.69) is 41.4 Å². The monoisotopic (exact) mass is 277 g/mol. The Morgan fingerprint density at radius 3 is 2.50 bits per heavy atom. The second kappa shape index (κ2) is 2.47. The molecular formula is C9H12INO. The Kier molecular flexibility index (Phi) is 1.75. The van der Waals surface area contributed by atoms with Crippen molar-refractivity contribution < 1.29 is 4.42 Å². The minimum Gasteiger partial charge on any atom is -0.437 e. The number of aryl methyl sites for hydroxylation is 1. The molecule has 1 unspecified atom stereocenters. The number of nitrogens with zero attached hydrogens (tertiary/aromatic N) is 1. The third kappa shape index (κ3) is 1.28. The van der Waals surface area contributed by atoms with Crippen LogP contribution in [0.5, 0.6) is 0 Å². The van der Waals surface area contributed by atoms with Crippen LogP contribution in [0.3, 0.4) is 0 Å². The Morgan fingerprint density at radius 2 is 2.17 bits per heavy atom. The molecule has 1 aliphatic rings. The molecule has 1 heterocycles. The summed E-state index contributed by atoms with van der Waals surface area (Å²) in [5.74, 6) is 1.62. The Hall–Kier alpha value is -0.0600. The molecule has 1 aliphatic carbocycles. The highest BCUT2D eigenvalue weighted by Crippen LogP contribution is 2.58. The topological polar surface area (TPSA) is 26.0 Å². The van der Waals surface area contributed by atoms with Crippen LogP contribution in [0.1, 0.15) is 37.6 Å². The lowest BCUT2D eigenvalue weighted by Crippen LogP contribution is -1.91. The summed E-state index contributed by atoms with van der Waals surface area (Å²) in [4.78, 5) is 4.39. The second-order valence-corrected chi connectivity index (χ2v) is 5.08. The van der Waals surface area contributed by atoms with Crippen LogP contribution >= 0.6 is 22.6 Å². The molecule has 2 rings (SSSR count). The highest BCUT2D eigenvalue weighted by molar-refractivity contribution is 14.1. The van der Waals surface area contributed by atoms with Crippen molar-refractivity contribution in [2.24, 2.45) is 5.41 Å². The lowest BCUT2D eigenvalue weighted by Gasteiger charge is -1.98. The fourth-order valence-corrected chi connectivity index (χ4v) is 2.22. The summed E-state index contributed by atoms with van der Waals surface area (Å²) < 4.78 is 6.15. The summed E-state index contributed by atoms with van der Waals surface area (Å²) in [7, 11) is 0. The van der Waals surface area contributed by atoms with Crippen molar-refractivity contribution in [3.05, 3.63) is 15.4 Å². The van der Waals surface area contributed by atoms with E-state index in [0.29, 0.717) is 11.3 Å². The molecule has 3 heteroatoms. The Labute approximate surface area is 85.9 Å². The van der Waals surface area contributed by atoms with E-state index in [-0.39, 0.29) is 0 Å². The van der Waals surface area contributed by atoms with Crippen LogP contribution in [0.15, 0.2) is 4.42 Å². The van der Waals surface area contributed by atoms with E-state index >= 15 is 0 Å². The number of oxazole rings is 1. The maximum atomic E-state index is 5.38.